The van der Waals surface area contributed by atoms with Crippen LogP contribution >= 0.6 is 0 Å². The zero-order valence-corrected chi connectivity index (χ0v) is 8.40. The Morgan fingerprint density at radius 2 is 1.86 bits per heavy atom. The summed E-state index contributed by atoms with van der Waals surface area (Å²) in [5.74, 6) is 0.693. The number of nitrogens with zero attached hydrogens (tertiary/aromatic N) is 1. The summed E-state index contributed by atoms with van der Waals surface area (Å²) in [5, 5.41) is 2.31. The molecule has 72 valence electrons. The molecule has 1 aromatic carbocycles. The van der Waals surface area contributed by atoms with E-state index in [-0.39, 0.29) is 6.10 Å². The Labute approximate surface area is 83.5 Å². The number of aromatic nitrogens is 1. The highest BCUT2D eigenvalue weighted by molar-refractivity contribution is 5.82. The molecule has 0 bridgehead atoms. The zero-order valence-electron chi connectivity index (χ0n) is 8.40. The molecule has 0 saturated heterocycles. The fourth-order valence-corrected chi connectivity index (χ4v) is 1.37. The van der Waals surface area contributed by atoms with Gasteiger partial charge in [-0.1, -0.05) is 24.3 Å². The molecule has 2 aromatic rings. The van der Waals surface area contributed by atoms with E-state index < -0.39 is 0 Å². The predicted molar refractivity (Wildman–Crippen MR) is 57.5 cm³/mol. The highest BCUT2D eigenvalue weighted by Gasteiger charge is 1.99. The van der Waals surface area contributed by atoms with Gasteiger partial charge in [0.1, 0.15) is 0 Å². The Bertz CT molecular complexity index is 437. The molecule has 0 unspecified atom stereocenters. The molecule has 0 aliphatic heterocycles. The summed E-state index contributed by atoms with van der Waals surface area (Å²) in [4.78, 5) is 4.22. The summed E-state index contributed by atoms with van der Waals surface area (Å²) in [7, 11) is 0. The third-order valence-corrected chi connectivity index (χ3v) is 1.96. The quantitative estimate of drug-likeness (QED) is 0.721. The van der Waals surface area contributed by atoms with Crippen LogP contribution in [0.15, 0.2) is 36.5 Å². The minimum absolute atomic E-state index is 0.170. The van der Waals surface area contributed by atoms with E-state index in [0.29, 0.717) is 5.88 Å². The van der Waals surface area contributed by atoms with Gasteiger partial charge >= 0.3 is 0 Å². The SMILES string of the molecule is CC(C)Oc1cc2ccccc2cn1. The Morgan fingerprint density at radius 1 is 1.14 bits per heavy atom. The molecule has 14 heavy (non-hydrogen) atoms. The van der Waals surface area contributed by atoms with Crippen LogP contribution in [0.2, 0.25) is 0 Å². The molecule has 2 heteroatoms. The highest BCUT2D eigenvalue weighted by atomic mass is 16.5. The molecule has 1 aromatic heterocycles. The molecule has 2 nitrogen and oxygen atoms in total. The van der Waals surface area contributed by atoms with Crippen molar-refractivity contribution >= 4 is 10.8 Å². The van der Waals surface area contributed by atoms with Crippen LogP contribution < -0.4 is 4.74 Å². The second-order valence-corrected chi connectivity index (χ2v) is 3.54. The van der Waals surface area contributed by atoms with Gasteiger partial charge in [-0.2, -0.15) is 0 Å². The van der Waals surface area contributed by atoms with Gasteiger partial charge in [0.25, 0.3) is 0 Å². The van der Waals surface area contributed by atoms with Crippen molar-refractivity contribution in [3.8, 4) is 5.88 Å². The zero-order chi connectivity index (χ0) is 9.97. The lowest BCUT2D eigenvalue weighted by atomic mass is 10.2. The van der Waals surface area contributed by atoms with Crippen LogP contribution in [0.5, 0.6) is 5.88 Å². The number of ether oxygens (including phenoxy) is 1. The van der Waals surface area contributed by atoms with Crippen LogP contribution in [0, 0.1) is 0 Å². The van der Waals surface area contributed by atoms with Crippen LogP contribution in [0.1, 0.15) is 13.8 Å². The Kier molecular flexibility index (Phi) is 2.35. The third kappa shape index (κ3) is 1.84. The molecule has 0 atom stereocenters. The van der Waals surface area contributed by atoms with Gasteiger partial charge in [0, 0.05) is 17.6 Å². The van der Waals surface area contributed by atoms with Crippen LogP contribution in [-0.4, -0.2) is 11.1 Å². The lowest BCUT2D eigenvalue weighted by Gasteiger charge is -2.08. The average molecular weight is 187 g/mol. The lowest BCUT2D eigenvalue weighted by molar-refractivity contribution is 0.233. The monoisotopic (exact) mass is 187 g/mol. The first-order valence-corrected chi connectivity index (χ1v) is 4.77. The molecule has 0 radical (unpaired) electrons. The maximum atomic E-state index is 5.51. The minimum Gasteiger partial charge on any atom is -0.475 e. The van der Waals surface area contributed by atoms with E-state index in [2.05, 4.69) is 11.1 Å². The van der Waals surface area contributed by atoms with E-state index in [1.54, 1.807) is 0 Å². The first-order chi connectivity index (χ1) is 6.75. The number of pyridine rings is 1. The van der Waals surface area contributed by atoms with E-state index in [1.165, 1.54) is 0 Å². The van der Waals surface area contributed by atoms with Crippen LogP contribution in [-0.2, 0) is 0 Å². The van der Waals surface area contributed by atoms with Crippen molar-refractivity contribution < 1.29 is 4.74 Å². The molecule has 0 N–H and O–H groups in total. The van der Waals surface area contributed by atoms with Crippen LogP contribution in [0.25, 0.3) is 10.8 Å². The fraction of sp³-hybridized carbons (Fsp3) is 0.250. The molecule has 0 spiro atoms. The van der Waals surface area contributed by atoms with Gasteiger partial charge < -0.3 is 4.74 Å². The van der Waals surface area contributed by atoms with E-state index >= 15 is 0 Å². The summed E-state index contributed by atoms with van der Waals surface area (Å²) in [5.41, 5.74) is 0. The van der Waals surface area contributed by atoms with Crippen LogP contribution in [0.3, 0.4) is 0 Å². The van der Waals surface area contributed by atoms with Crippen molar-refractivity contribution in [2.45, 2.75) is 20.0 Å². The lowest BCUT2D eigenvalue weighted by Crippen LogP contribution is -2.06. The van der Waals surface area contributed by atoms with Gasteiger partial charge in [-0.05, 0) is 19.2 Å². The van der Waals surface area contributed by atoms with Crippen LogP contribution in [0.4, 0.5) is 0 Å². The van der Waals surface area contributed by atoms with Crippen molar-refractivity contribution in [3.05, 3.63) is 36.5 Å². The van der Waals surface area contributed by atoms with E-state index in [0.717, 1.165) is 10.8 Å². The van der Waals surface area contributed by atoms with Gasteiger partial charge in [0.2, 0.25) is 5.88 Å². The molecule has 1 heterocycles. The summed E-state index contributed by atoms with van der Waals surface area (Å²) in [6.45, 7) is 3.99. The maximum absolute atomic E-state index is 5.51. The molecule has 0 saturated carbocycles. The molecule has 0 amide bonds. The molecular formula is C12H13NO. The summed E-state index contributed by atoms with van der Waals surface area (Å²) >= 11 is 0. The van der Waals surface area contributed by atoms with Gasteiger partial charge in [0.15, 0.2) is 0 Å². The Morgan fingerprint density at radius 3 is 2.57 bits per heavy atom. The Hall–Kier alpha value is -1.57. The second-order valence-electron chi connectivity index (χ2n) is 3.54. The number of hydrogen-bond donors (Lipinski definition) is 0. The second kappa shape index (κ2) is 3.66. The first-order valence-electron chi connectivity index (χ1n) is 4.77. The molecule has 2 rings (SSSR count). The number of hydrogen-bond acceptors (Lipinski definition) is 2. The third-order valence-electron chi connectivity index (χ3n) is 1.96. The van der Waals surface area contributed by atoms with Crippen molar-refractivity contribution in [2.24, 2.45) is 0 Å². The van der Waals surface area contributed by atoms with Crippen molar-refractivity contribution in [2.75, 3.05) is 0 Å². The van der Waals surface area contributed by atoms with Gasteiger partial charge in [-0.3, -0.25) is 0 Å². The number of fused-ring (bicyclic) bond motifs is 1. The fourth-order valence-electron chi connectivity index (χ4n) is 1.37. The first kappa shape index (κ1) is 9.00. The van der Waals surface area contributed by atoms with Crippen molar-refractivity contribution in [3.63, 3.8) is 0 Å². The van der Waals surface area contributed by atoms with E-state index in [4.69, 9.17) is 4.74 Å². The van der Waals surface area contributed by atoms with Gasteiger partial charge in [-0.15, -0.1) is 0 Å². The van der Waals surface area contributed by atoms with E-state index in [1.807, 2.05) is 44.3 Å². The van der Waals surface area contributed by atoms with Crippen molar-refractivity contribution in [1.82, 2.24) is 4.98 Å². The summed E-state index contributed by atoms with van der Waals surface area (Å²) in [6, 6.07) is 10.1. The standard InChI is InChI=1S/C12H13NO/c1-9(2)14-12-7-10-5-3-4-6-11(10)8-13-12/h3-9H,1-2H3. The molecule has 0 aliphatic carbocycles. The summed E-state index contributed by atoms with van der Waals surface area (Å²) in [6.07, 6.45) is 2.01. The number of benzene rings is 1. The average Bonchev–Trinajstić information content (AvgIpc) is 2.17. The smallest absolute Gasteiger partial charge is 0.214 e. The largest absolute Gasteiger partial charge is 0.475 e. The highest BCUT2D eigenvalue weighted by Crippen LogP contribution is 2.18. The van der Waals surface area contributed by atoms with E-state index in [9.17, 15) is 0 Å². The minimum atomic E-state index is 0.170. The predicted octanol–water partition coefficient (Wildman–Crippen LogP) is 3.02. The molecule has 0 fully saturated rings. The topological polar surface area (TPSA) is 22.1 Å². The normalized spacial score (nSPS) is 10.8. The van der Waals surface area contributed by atoms with Gasteiger partial charge in [0.05, 0.1) is 6.10 Å². The van der Waals surface area contributed by atoms with Crippen molar-refractivity contribution in [1.29, 1.82) is 0 Å². The maximum Gasteiger partial charge on any atom is 0.214 e. The number of rotatable bonds is 2. The molecule has 0 aliphatic rings. The summed E-state index contributed by atoms with van der Waals surface area (Å²) < 4.78 is 5.51. The van der Waals surface area contributed by atoms with Gasteiger partial charge in [-0.25, -0.2) is 4.98 Å². The Balaban J connectivity index is 2.41. The molecular weight excluding hydrogens is 174 g/mol.